The van der Waals surface area contributed by atoms with Crippen LogP contribution in [0.3, 0.4) is 0 Å². The number of ether oxygens (including phenoxy) is 2. The lowest BCUT2D eigenvalue weighted by atomic mass is 10.1. The lowest BCUT2D eigenvalue weighted by Crippen LogP contribution is -2.50. The molecule has 3 aromatic rings. The van der Waals surface area contributed by atoms with Gasteiger partial charge in [0.2, 0.25) is 5.95 Å². The molecule has 10 heteroatoms. The van der Waals surface area contributed by atoms with E-state index in [0.29, 0.717) is 36.2 Å². The van der Waals surface area contributed by atoms with Gasteiger partial charge in [-0.2, -0.15) is 13.8 Å². The van der Waals surface area contributed by atoms with Crippen LogP contribution in [-0.4, -0.2) is 46.9 Å². The summed E-state index contributed by atoms with van der Waals surface area (Å²) in [4.78, 5) is 26.1. The zero-order valence-corrected chi connectivity index (χ0v) is 17.6. The molecule has 32 heavy (non-hydrogen) atoms. The van der Waals surface area contributed by atoms with Gasteiger partial charge in [0.05, 0.1) is 25.3 Å². The normalized spacial score (nSPS) is 18.6. The Morgan fingerprint density at radius 2 is 1.88 bits per heavy atom. The third-order valence-electron chi connectivity index (χ3n) is 5.12. The minimum absolute atomic E-state index is 0.0617. The Bertz CT molecular complexity index is 1110. The van der Waals surface area contributed by atoms with Crippen molar-refractivity contribution >= 4 is 17.5 Å². The maximum Gasteiger partial charge on any atom is 0.387 e. The molecule has 2 aromatic heterocycles. The number of aromatic nitrogens is 3. The first-order chi connectivity index (χ1) is 15.4. The molecule has 0 radical (unpaired) electrons. The number of rotatable bonds is 6. The molecular formula is C22H23F2N5O3. The lowest BCUT2D eigenvalue weighted by molar-refractivity contribution is -0.0498. The molecule has 0 bridgehead atoms. The lowest BCUT2D eigenvalue weighted by Gasteiger charge is -2.38. The average Bonchev–Trinajstić information content (AvgIpc) is 2.76. The van der Waals surface area contributed by atoms with Crippen molar-refractivity contribution < 1.29 is 18.3 Å². The second-order valence-electron chi connectivity index (χ2n) is 7.54. The van der Waals surface area contributed by atoms with E-state index < -0.39 is 6.61 Å². The predicted octanol–water partition coefficient (Wildman–Crippen LogP) is 3.79. The smallest absolute Gasteiger partial charge is 0.387 e. The number of alkyl halides is 2. The molecule has 1 fully saturated rings. The number of nitrogens with one attached hydrogen (secondary N) is 2. The zero-order chi connectivity index (χ0) is 22.7. The molecule has 0 amide bonds. The van der Waals surface area contributed by atoms with Gasteiger partial charge in [-0.1, -0.05) is 12.1 Å². The highest BCUT2D eigenvalue weighted by Gasteiger charge is 2.27. The van der Waals surface area contributed by atoms with Crippen molar-refractivity contribution in [2.24, 2.45) is 0 Å². The number of halogens is 2. The molecule has 1 aliphatic rings. The van der Waals surface area contributed by atoms with Gasteiger partial charge in [-0.05, 0) is 43.7 Å². The number of hydrogen-bond acceptors (Lipinski definition) is 7. The molecule has 0 spiro atoms. The summed E-state index contributed by atoms with van der Waals surface area (Å²) in [5.74, 6) is 1.09. The Kier molecular flexibility index (Phi) is 6.31. The highest BCUT2D eigenvalue weighted by Crippen LogP contribution is 2.25. The van der Waals surface area contributed by atoms with Gasteiger partial charge in [0.25, 0.3) is 5.56 Å². The van der Waals surface area contributed by atoms with Crippen LogP contribution in [0.2, 0.25) is 0 Å². The Morgan fingerprint density at radius 3 is 2.56 bits per heavy atom. The second kappa shape index (κ2) is 9.31. The number of nitrogens with zero attached hydrogens (tertiary/aromatic N) is 3. The monoisotopic (exact) mass is 443 g/mol. The minimum atomic E-state index is -2.88. The van der Waals surface area contributed by atoms with Gasteiger partial charge >= 0.3 is 6.61 Å². The third kappa shape index (κ3) is 4.86. The number of morpholine rings is 1. The zero-order valence-electron chi connectivity index (χ0n) is 17.6. The van der Waals surface area contributed by atoms with Crippen LogP contribution >= 0.6 is 0 Å². The van der Waals surface area contributed by atoms with Crippen LogP contribution in [-0.2, 0) is 4.74 Å². The third-order valence-corrected chi connectivity index (χ3v) is 5.12. The summed E-state index contributed by atoms with van der Waals surface area (Å²) in [6, 6.07) is 9.77. The van der Waals surface area contributed by atoms with Crippen molar-refractivity contribution in [1.29, 1.82) is 0 Å². The van der Waals surface area contributed by atoms with E-state index in [2.05, 4.69) is 29.9 Å². The molecule has 1 aliphatic heterocycles. The van der Waals surface area contributed by atoms with Crippen LogP contribution in [0, 0.1) is 0 Å². The van der Waals surface area contributed by atoms with E-state index in [1.165, 1.54) is 12.1 Å². The molecule has 3 heterocycles. The molecule has 168 valence electrons. The molecule has 1 aromatic carbocycles. The quantitative estimate of drug-likeness (QED) is 0.599. The van der Waals surface area contributed by atoms with Gasteiger partial charge in [-0.15, -0.1) is 0 Å². The highest BCUT2D eigenvalue weighted by atomic mass is 19.3. The minimum Gasteiger partial charge on any atom is -0.435 e. The Hall–Kier alpha value is -3.53. The Morgan fingerprint density at radius 1 is 1.16 bits per heavy atom. The fourth-order valence-corrected chi connectivity index (χ4v) is 3.65. The van der Waals surface area contributed by atoms with Crippen LogP contribution in [0.5, 0.6) is 5.75 Å². The summed E-state index contributed by atoms with van der Waals surface area (Å²) in [6.07, 6.45) is 3.19. The standard InChI is InChI=1S/C22H23F2N5O3/c1-13-11-31-12-14(2)29(13)22-25-8-7-19(28-22)27-18-9-16(10-26-20(18)30)15-3-5-17(6-4-15)32-21(23)24/h3-10,13-14,21H,11-12H2,1-2H3,(H,26,30)(H,25,27,28). The first kappa shape index (κ1) is 21.7. The predicted molar refractivity (Wildman–Crippen MR) is 117 cm³/mol. The number of aromatic amines is 1. The molecule has 2 atom stereocenters. The summed E-state index contributed by atoms with van der Waals surface area (Å²) in [6.45, 7) is 2.39. The number of anilines is 3. The fraction of sp³-hybridized carbons (Fsp3) is 0.318. The summed E-state index contributed by atoms with van der Waals surface area (Å²) < 4.78 is 34.6. The summed E-state index contributed by atoms with van der Waals surface area (Å²) >= 11 is 0. The van der Waals surface area contributed by atoms with E-state index in [0.717, 1.165) is 5.56 Å². The largest absolute Gasteiger partial charge is 0.435 e. The van der Waals surface area contributed by atoms with E-state index in [9.17, 15) is 13.6 Å². The van der Waals surface area contributed by atoms with Crippen molar-refractivity contribution in [3.63, 3.8) is 0 Å². The van der Waals surface area contributed by atoms with E-state index >= 15 is 0 Å². The molecular weight excluding hydrogens is 420 g/mol. The second-order valence-corrected chi connectivity index (χ2v) is 7.54. The molecule has 2 N–H and O–H groups in total. The fourth-order valence-electron chi connectivity index (χ4n) is 3.65. The van der Waals surface area contributed by atoms with Gasteiger partial charge in [-0.3, -0.25) is 4.79 Å². The topological polar surface area (TPSA) is 92.4 Å². The van der Waals surface area contributed by atoms with Crippen molar-refractivity contribution in [2.45, 2.75) is 32.5 Å². The number of H-pyrrole nitrogens is 1. The highest BCUT2D eigenvalue weighted by molar-refractivity contribution is 5.69. The van der Waals surface area contributed by atoms with Crippen molar-refractivity contribution in [3.8, 4) is 16.9 Å². The van der Waals surface area contributed by atoms with Gasteiger partial charge in [0.1, 0.15) is 17.3 Å². The van der Waals surface area contributed by atoms with Gasteiger partial charge in [-0.25, -0.2) is 4.98 Å². The molecule has 4 rings (SSSR count). The van der Waals surface area contributed by atoms with E-state index in [-0.39, 0.29) is 23.4 Å². The first-order valence-electron chi connectivity index (χ1n) is 10.1. The summed E-state index contributed by atoms with van der Waals surface area (Å²) in [7, 11) is 0. The van der Waals surface area contributed by atoms with Crippen LogP contribution in [0.4, 0.5) is 26.2 Å². The molecule has 0 saturated carbocycles. The molecule has 8 nitrogen and oxygen atoms in total. The van der Waals surface area contributed by atoms with Crippen LogP contribution in [0.15, 0.2) is 53.6 Å². The molecule has 2 unspecified atom stereocenters. The van der Waals surface area contributed by atoms with E-state index in [4.69, 9.17) is 4.74 Å². The first-order valence-corrected chi connectivity index (χ1v) is 10.1. The Labute approximate surface area is 183 Å². The van der Waals surface area contributed by atoms with Gasteiger partial charge in [0.15, 0.2) is 0 Å². The molecule has 0 aliphatic carbocycles. The van der Waals surface area contributed by atoms with Crippen LogP contribution < -0.4 is 20.5 Å². The molecule has 1 saturated heterocycles. The maximum absolute atomic E-state index is 12.4. The van der Waals surface area contributed by atoms with E-state index in [1.807, 2.05) is 13.8 Å². The maximum atomic E-state index is 12.4. The van der Waals surface area contributed by atoms with Crippen molar-refractivity contribution in [2.75, 3.05) is 23.4 Å². The Balaban J connectivity index is 1.57. The average molecular weight is 443 g/mol. The van der Waals surface area contributed by atoms with Gasteiger partial charge < -0.3 is 24.7 Å². The number of hydrogen-bond donors (Lipinski definition) is 2. The van der Waals surface area contributed by atoms with Crippen molar-refractivity contribution in [1.82, 2.24) is 15.0 Å². The SMILES string of the molecule is CC1COCC(C)N1c1nccc(Nc2cc(-c3ccc(OC(F)F)cc3)c[nH]c2=O)n1. The van der Waals surface area contributed by atoms with Crippen molar-refractivity contribution in [3.05, 3.63) is 59.1 Å². The van der Waals surface area contributed by atoms with E-state index in [1.54, 1.807) is 36.7 Å². The van der Waals surface area contributed by atoms with Crippen LogP contribution in [0.25, 0.3) is 11.1 Å². The van der Waals surface area contributed by atoms with Crippen LogP contribution in [0.1, 0.15) is 13.8 Å². The summed E-state index contributed by atoms with van der Waals surface area (Å²) in [5, 5.41) is 3.05. The number of benzene rings is 1. The van der Waals surface area contributed by atoms with Gasteiger partial charge in [0, 0.05) is 18.0 Å². The summed E-state index contributed by atoms with van der Waals surface area (Å²) in [5.41, 5.74) is 1.40. The number of pyridine rings is 1.